The molecule has 0 unspecified atom stereocenters. The van der Waals surface area contributed by atoms with Crippen molar-refractivity contribution < 1.29 is 0 Å². The molecule has 3 rings (SSSR count). The summed E-state index contributed by atoms with van der Waals surface area (Å²) in [5.74, 6) is 0. The second-order valence-corrected chi connectivity index (χ2v) is 3.23. The SMILES string of the molecule is CN.CN.CN.c1ccc2c(c1)ccc1[nH]ccc12. The predicted molar refractivity (Wildman–Crippen MR) is 86.1 cm³/mol. The molecule has 0 amide bonds. The molecule has 1 aromatic heterocycles. The van der Waals surface area contributed by atoms with Gasteiger partial charge in [-0.15, -0.1) is 0 Å². The van der Waals surface area contributed by atoms with Gasteiger partial charge in [-0.2, -0.15) is 0 Å². The summed E-state index contributed by atoms with van der Waals surface area (Å²) >= 11 is 0. The first-order valence-electron chi connectivity index (χ1n) is 6.13. The maximum absolute atomic E-state index is 4.50. The maximum Gasteiger partial charge on any atom is 0.0460 e. The molecule has 0 aliphatic carbocycles. The van der Waals surface area contributed by atoms with Crippen molar-refractivity contribution in [1.29, 1.82) is 0 Å². The van der Waals surface area contributed by atoms with Crippen molar-refractivity contribution >= 4 is 21.7 Å². The summed E-state index contributed by atoms with van der Waals surface area (Å²) in [5, 5.41) is 3.92. The zero-order chi connectivity index (χ0) is 14.7. The molecule has 1 heterocycles. The minimum absolute atomic E-state index is 1.21. The van der Waals surface area contributed by atoms with Gasteiger partial charge in [-0.1, -0.05) is 30.3 Å². The predicted octanol–water partition coefficient (Wildman–Crippen LogP) is 2.05. The van der Waals surface area contributed by atoms with E-state index in [1.54, 1.807) is 0 Å². The molecule has 0 saturated carbocycles. The average molecular weight is 260 g/mol. The fraction of sp³-hybridized carbons (Fsp3) is 0.200. The molecule has 0 saturated heterocycles. The lowest BCUT2D eigenvalue weighted by atomic mass is 10.1. The van der Waals surface area contributed by atoms with E-state index in [0.717, 1.165) is 0 Å². The number of hydrogen-bond acceptors (Lipinski definition) is 3. The van der Waals surface area contributed by atoms with Crippen LogP contribution in [0.4, 0.5) is 0 Å². The van der Waals surface area contributed by atoms with Gasteiger partial charge in [0.05, 0.1) is 0 Å². The Morgan fingerprint density at radius 3 is 2.00 bits per heavy atom. The number of aromatic nitrogens is 1. The van der Waals surface area contributed by atoms with Gasteiger partial charge in [0.2, 0.25) is 0 Å². The Bertz CT molecular complexity index is 572. The van der Waals surface area contributed by atoms with Crippen LogP contribution in [0.25, 0.3) is 21.7 Å². The first-order chi connectivity index (χ1) is 9.45. The van der Waals surface area contributed by atoms with E-state index >= 15 is 0 Å². The van der Waals surface area contributed by atoms with Crippen LogP contribution in [0.3, 0.4) is 0 Å². The summed E-state index contributed by atoms with van der Waals surface area (Å²) in [6, 6.07) is 14.8. The topological polar surface area (TPSA) is 93.8 Å². The van der Waals surface area contributed by atoms with Crippen LogP contribution in [0.5, 0.6) is 0 Å². The van der Waals surface area contributed by atoms with Gasteiger partial charge in [0.1, 0.15) is 0 Å². The van der Waals surface area contributed by atoms with Gasteiger partial charge in [0.25, 0.3) is 0 Å². The van der Waals surface area contributed by atoms with E-state index in [1.807, 2.05) is 6.20 Å². The highest BCUT2D eigenvalue weighted by Crippen LogP contribution is 2.23. The van der Waals surface area contributed by atoms with Crippen LogP contribution in [-0.2, 0) is 0 Å². The molecular weight excluding hydrogens is 236 g/mol. The van der Waals surface area contributed by atoms with Crippen LogP contribution in [0.2, 0.25) is 0 Å². The van der Waals surface area contributed by atoms with Crippen LogP contribution in [0, 0.1) is 0 Å². The smallest absolute Gasteiger partial charge is 0.0460 e. The van der Waals surface area contributed by atoms with E-state index in [-0.39, 0.29) is 0 Å². The molecular formula is C15H24N4. The molecule has 0 spiro atoms. The first kappa shape index (κ1) is 17.1. The second-order valence-electron chi connectivity index (χ2n) is 3.23. The third-order valence-corrected chi connectivity index (χ3v) is 2.46. The number of benzene rings is 2. The van der Waals surface area contributed by atoms with E-state index in [9.17, 15) is 0 Å². The maximum atomic E-state index is 4.50. The Balaban J connectivity index is 0.000000482. The second kappa shape index (κ2) is 10.1. The fourth-order valence-corrected chi connectivity index (χ4v) is 1.82. The van der Waals surface area contributed by atoms with Gasteiger partial charge in [-0.05, 0) is 44.0 Å². The molecule has 0 bridgehead atoms. The van der Waals surface area contributed by atoms with Gasteiger partial charge in [0, 0.05) is 17.1 Å². The molecule has 0 aliphatic heterocycles. The van der Waals surface area contributed by atoms with Crippen molar-refractivity contribution in [2.75, 3.05) is 21.1 Å². The lowest BCUT2D eigenvalue weighted by Gasteiger charge is -1.97. The van der Waals surface area contributed by atoms with Gasteiger partial charge in [-0.25, -0.2) is 0 Å². The van der Waals surface area contributed by atoms with Crippen molar-refractivity contribution in [3.8, 4) is 0 Å². The summed E-state index contributed by atoms with van der Waals surface area (Å²) in [6.45, 7) is 0. The third-order valence-electron chi connectivity index (χ3n) is 2.46. The first-order valence-corrected chi connectivity index (χ1v) is 6.13. The van der Waals surface area contributed by atoms with Crippen LogP contribution in [0.1, 0.15) is 0 Å². The Morgan fingerprint density at radius 2 is 1.32 bits per heavy atom. The van der Waals surface area contributed by atoms with E-state index in [2.05, 4.69) is 64.6 Å². The third kappa shape index (κ3) is 4.06. The summed E-state index contributed by atoms with van der Waals surface area (Å²) in [6.07, 6.45) is 1.98. The number of hydrogen-bond donors (Lipinski definition) is 4. The zero-order valence-electron chi connectivity index (χ0n) is 11.9. The Labute approximate surface area is 114 Å². The molecule has 19 heavy (non-hydrogen) atoms. The number of nitrogens with one attached hydrogen (secondary N) is 1. The minimum atomic E-state index is 1.21. The number of aromatic amines is 1. The van der Waals surface area contributed by atoms with Gasteiger partial charge < -0.3 is 22.2 Å². The zero-order valence-corrected chi connectivity index (χ0v) is 11.9. The normalized spacial score (nSPS) is 8.53. The Kier molecular flexibility index (Phi) is 9.08. The Hall–Kier alpha value is -1.88. The number of fused-ring (bicyclic) bond motifs is 3. The van der Waals surface area contributed by atoms with Crippen LogP contribution in [-0.4, -0.2) is 26.1 Å². The quantitative estimate of drug-likeness (QED) is 0.498. The van der Waals surface area contributed by atoms with Crippen LogP contribution < -0.4 is 17.2 Å². The van der Waals surface area contributed by atoms with Crippen molar-refractivity contribution in [2.45, 2.75) is 0 Å². The van der Waals surface area contributed by atoms with Gasteiger partial charge in [0.15, 0.2) is 0 Å². The molecule has 0 aliphatic rings. The summed E-state index contributed by atoms with van der Waals surface area (Å²) < 4.78 is 0. The molecule has 3 aromatic rings. The summed E-state index contributed by atoms with van der Waals surface area (Å²) in [7, 11) is 4.50. The molecule has 0 atom stereocenters. The molecule has 4 nitrogen and oxygen atoms in total. The van der Waals surface area contributed by atoms with Crippen molar-refractivity contribution in [2.24, 2.45) is 17.2 Å². The molecule has 2 aromatic carbocycles. The summed E-state index contributed by atoms with van der Waals surface area (Å²) in [5.41, 5.74) is 14.7. The van der Waals surface area contributed by atoms with Gasteiger partial charge >= 0.3 is 0 Å². The lowest BCUT2D eigenvalue weighted by molar-refractivity contribution is 1.48. The van der Waals surface area contributed by atoms with E-state index in [4.69, 9.17) is 0 Å². The van der Waals surface area contributed by atoms with E-state index < -0.39 is 0 Å². The number of rotatable bonds is 0. The monoisotopic (exact) mass is 260 g/mol. The van der Waals surface area contributed by atoms with E-state index in [1.165, 1.54) is 42.8 Å². The highest BCUT2D eigenvalue weighted by Gasteiger charge is 1.98. The van der Waals surface area contributed by atoms with Crippen LogP contribution in [0.15, 0.2) is 48.7 Å². The lowest BCUT2D eigenvalue weighted by Crippen LogP contribution is -1.72. The highest BCUT2D eigenvalue weighted by molar-refractivity contribution is 6.06. The van der Waals surface area contributed by atoms with E-state index in [0.29, 0.717) is 0 Å². The Morgan fingerprint density at radius 1 is 0.684 bits per heavy atom. The molecule has 0 radical (unpaired) electrons. The van der Waals surface area contributed by atoms with Crippen LogP contribution >= 0.6 is 0 Å². The van der Waals surface area contributed by atoms with Crippen molar-refractivity contribution in [1.82, 2.24) is 4.98 Å². The standard InChI is InChI=1S/C12H9N.3CH5N/c1-2-4-10-9(3-1)5-6-12-11(10)7-8-13-12;3*1-2/h1-8,13H;3*2H2,1H3. The molecule has 104 valence electrons. The number of H-pyrrole nitrogens is 1. The number of nitrogens with two attached hydrogens (primary N) is 3. The largest absolute Gasteiger partial charge is 0.361 e. The molecule has 7 N–H and O–H groups in total. The van der Waals surface area contributed by atoms with Crippen molar-refractivity contribution in [3.05, 3.63) is 48.7 Å². The van der Waals surface area contributed by atoms with Gasteiger partial charge in [-0.3, -0.25) is 0 Å². The molecule has 4 heteroatoms. The highest BCUT2D eigenvalue weighted by atomic mass is 14.7. The average Bonchev–Trinajstić information content (AvgIpc) is 3.02. The fourth-order valence-electron chi connectivity index (χ4n) is 1.82. The van der Waals surface area contributed by atoms with Crippen molar-refractivity contribution in [3.63, 3.8) is 0 Å². The molecule has 0 fully saturated rings. The minimum Gasteiger partial charge on any atom is -0.361 e. The summed E-state index contributed by atoms with van der Waals surface area (Å²) in [4.78, 5) is 3.21.